The molecule has 0 spiro atoms. The summed E-state index contributed by atoms with van der Waals surface area (Å²) in [5, 5.41) is 2.80. The molecule has 1 amide bonds. The largest absolute Gasteiger partial charge is 0.354 e. The number of hydrogen-bond acceptors (Lipinski definition) is 1. The Kier molecular flexibility index (Phi) is 4.10. The van der Waals surface area contributed by atoms with Gasteiger partial charge >= 0.3 is 0 Å². The highest BCUT2D eigenvalue weighted by molar-refractivity contribution is 5.75. The molecule has 0 rings (SSSR count). The second-order valence-corrected chi connectivity index (χ2v) is 2.47. The Morgan fingerprint density at radius 3 is 2.56 bits per heavy atom. The maximum absolute atomic E-state index is 10.7. The van der Waals surface area contributed by atoms with E-state index in [1.807, 2.05) is 20.8 Å². The molecule has 9 heavy (non-hydrogen) atoms. The standard InChI is InChI=1S/C7H15NO.H2/c1-4-5-7(9)8-6(2)3;/h6H,4-5H2,1-3H3,(H,8,9);1H. The van der Waals surface area contributed by atoms with Crippen molar-refractivity contribution < 1.29 is 6.22 Å². The first-order valence-corrected chi connectivity index (χ1v) is 3.46. The van der Waals surface area contributed by atoms with Gasteiger partial charge in [-0.15, -0.1) is 0 Å². The molecule has 1 N–H and O–H groups in total. The van der Waals surface area contributed by atoms with Crippen LogP contribution in [0.4, 0.5) is 0 Å². The summed E-state index contributed by atoms with van der Waals surface area (Å²) in [5.41, 5.74) is 0. The molecule has 0 radical (unpaired) electrons. The molecule has 0 unspecified atom stereocenters. The number of carbonyl (C=O) groups excluding carboxylic acids is 1. The van der Waals surface area contributed by atoms with Crippen molar-refractivity contribution in [3.05, 3.63) is 0 Å². The van der Waals surface area contributed by atoms with Gasteiger partial charge in [-0.25, -0.2) is 0 Å². The zero-order valence-corrected chi connectivity index (χ0v) is 6.40. The van der Waals surface area contributed by atoms with Gasteiger partial charge in [-0.1, -0.05) is 6.92 Å². The lowest BCUT2D eigenvalue weighted by Crippen LogP contribution is -2.29. The van der Waals surface area contributed by atoms with Crippen LogP contribution in [-0.4, -0.2) is 11.9 Å². The van der Waals surface area contributed by atoms with E-state index in [4.69, 9.17) is 0 Å². The van der Waals surface area contributed by atoms with E-state index in [2.05, 4.69) is 5.32 Å². The second kappa shape index (κ2) is 4.36. The van der Waals surface area contributed by atoms with E-state index in [0.29, 0.717) is 6.42 Å². The van der Waals surface area contributed by atoms with Crippen molar-refractivity contribution >= 4 is 5.91 Å². The number of rotatable bonds is 3. The van der Waals surface area contributed by atoms with E-state index in [1.54, 1.807) is 0 Å². The fraction of sp³-hybridized carbons (Fsp3) is 0.857. The van der Waals surface area contributed by atoms with Crippen LogP contribution >= 0.6 is 0 Å². The molecule has 0 saturated heterocycles. The van der Waals surface area contributed by atoms with E-state index < -0.39 is 0 Å². The molecular weight excluding hydrogens is 114 g/mol. The topological polar surface area (TPSA) is 29.1 Å². The van der Waals surface area contributed by atoms with Crippen molar-refractivity contribution in [3.8, 4) is 0 Å². The minimum atomic E-state index is 0. The first-order chi connectivity index (χ1) is 4.16. The Labute approximate surface area is 58.1 Å². The van der Waals surface area contributed by atoms with E-state index >= 15 is 0 Å². The Balaban J connectivity index is 0. The van der Waals surface area contributed by atoms with Gasteiger partial charge in [0.25, 0.3) is 0 Å². The van der Waals surface area contributed by atoms with Crippen LogP contribution in [0.2, 0.25) is 0 Å². The molecular formula is C7H17NO. The lowest BCUT2D eigenvalue weighted by atomic mass is 10.3. The summed E-state index contributed by atoms with van der Waals surface area (Å²) in [5.74, 6) is 0.160. The highest BCUT2D eigenvalue weighted by Gasteiger charge is 1.98. The Hall–Kier alpha value is -0.530. The van der Waals surface area contributed by atoms with Gasteiger partial charge in [-0.3, -0.25) is 4.79 Å². The molecule has 2 nitrogen and oxygen atoms in total. The van der Waals surface area contributed by atoms with Crippen molar-refractivity contribution in [2.75, 3.05) is 0 Å². The van der Waals surface area contributed by atoms with Crippen LogP contribution in [0.3, 0.4) is 0 Å². The van der Waals surface area contributed by atoms with Gasteiger partial charge in [-0.2, -0.15) is 0 Å². The van der Waals surface area contributed by atoms with Crippen LogP contribution in [0.5, 0.6) is 0 Å². The molecule has 0 aromatic carbocycles. The summed E-state index contributed by atoms with van der Waals surface area (Å²) in [4.78, 5) is 10.7. The summed E-state index contributed by atoms with van der Waals surface area (Å²) >= 11 is 0. The average Bonchev–Trinajstić information content (AvgIpc) is 1.63. The summed E-state index contributed by atoms with van der Waals surface area (Å²) < 4.78 is 0. The van der Waals surface area contributed by atoms with Gasteiger partial charge in [-0.05, 0) is 20.3 Å². The van der Waals surface area contributed by atoms with E-state index in [-0.39, 0.29) is 13.4 Å². The average molecular weight is 131 g/mol. The van der Waals surface area contributed by atoms with Gasteiger partial charge in [0, 0.05) is 13.9 Å². The monoisotopic (exact) mass is 131 g/mol. The summed E-state index contributed by atoms with van der Waals surface area (Å²) in [6, 6.07) is 0.282. The Morgan fingerprint density at radius 1 is 1.67 bits per heavy atom. The molecule has 0 aliphatic carbocycles. The van der Waals surface area contributed by atoms with E-state index in [1.165, 1.54) is 0 Å². The molecule has 0 atom stereocenters. The third-order valence-electron chi connectivity index (χ3n) is 0.927. The molecule has 0 fully saturated rings. The minimum absolute atomic E-state index is 0. The van der Waals surface area contributed by atoms with E-state index in [9.17, 15) is 4.79 Å². The third kappa shape index (κ3) is 5.34. The molecule has 0 aromatic rings. The SMILES string of the molecule is CCCC(=O)NC(C)C.[HH]. The highest BCUT2D eigenvalue weighted by Crippen LogP contribution is 1.86. The van der Waals surface area contributed by atoms with E-state index in [0.717, 1.165) is 6.42 Å². The second-order valence-electron chi connectivity index (χ2n) is 2.47. The highest BCUT2D eigenvalue weighted by atomic mass is 16.1. The smallest absolute Gasteiger partial charge is 0.220 e. The van der Waals surface area contributed by atoms with Gasteiger partial charge in [0.15, 0.2) is 0 Å². The molecule has 56 valence electrons. The Morgan fingerprint density at radius 2 is 2.22 bits per heavy atom. The zero-order chi connectivity index (χ0) is 7.28. The molecule has 0 aliphatic heterocycles. The lowest BCUT2D eigenvalue weighted by Gasteiger charge is -2.05. The molecule has 0 saturated carbocycles. The first-order valence-electron chi connectivity index (χ1n) is 3.46. The fourth-order valence-electron chi connectivity index (χ4n) is 0.621. The number of carbonyl (C=O) groups is 1. The van der Waals surface area contributed by atoms with Crippen LogP contribution in [0, 0.1) is 0 Å². The number of nitrogens with one attached hydrogen (secondary N) is 1. The molecule has 0 aromatic heterocycles. The molecule has 0 bridgehead atoms. The van der Waals surface area contributed by atoms with Gasteiger partial charge in [0.2, 0.25) is 5.91 Å². The first kappa shape index (κ1) is 8.47. The van der Waals surface area contributed by atoms with Gasteiger partial charge < -0.3 is 5.32 Å². The predicted molar refractivity (Wildman–Crippen MR) is 40.3 cm³/mol. The van der Waals surface area contributed by atoms with Crippen LogP contribution in [0.25, 0.3) is 0 Å². The van der Waals surface area contributed by atoms with Crippen LogP contribution < -0.4 is 5.32 Å². The van der Waals surface area contributed by atoms with Gasteiger partial charge in [0.05, 0.1) is 0 Å². The molecule has 2 heteroatoms. The maximum Gasteiger partial charge on any atom is 0.220 e. The van der Waals surface area contributed by atoms with Crippen molar-refractivity contribution in [2.24, 2.45) is 0 Å². The van der Waals surface area contributed by atoms with Crippen molar-refractivity contribution in [3.63, 3.8) is 0 Å². The van der Waals surface area contributed by atoms with Crippen molar-refractivity contribution in [2.45, 2.75) is 39.7 Å². The summed E-state index contributed by atoms with van der Waals surface area (Å²) in [6.07, 6.45) is 1.58. The van der Waals surface area contributed by atoms with Crippen molar-refractivity contribution in [1.82, 2.24) is 5.32 Å². The lowest BCUT2D eigenvalue weighted by molar-refractivity contribution is -0.121. The predicted octanol–water partition coefficient (Wildman–Crippen LogP) is 1.56. The normalized spacial score (nSPS) is 9.78. The summed E-state index contributed by atoms with van der Waals surface area (Å²) in [6.45, 7) is 5.93. The third-order valence-corrected chi connectivity index (χ3v) is 0.927. The molecule has 0 heterocycles. The van der Waals surface area contributed by atoms with Crippen LogP contribution in [0.1, 0.15) is 35.0 Å². The van der Waals surface area contributed by atoms with Crippen LogP contribution in [0.15, 0.2) is 0 Å². The number of hydrogen-bond donors (Lipinski definition) is 1. The Bertz CT molecular complexity index is 93.6. The molecule has 0 aliphatic rings. The summed E-state index contributed by atoms with van der Waals surface area (Å²) in [7, 11) is 0. The van der Waals surface area contributed by atoms with Gasteiger partial charge in [0.1, 0.15) is 0 Å². The fourth-order valence-corrected chi connectivity index (χ4v) is 0.621. The minimum Gasteiger partial charge on any atom is -0.354 e. The quantitative estimate of drug-likeness (QED) is 0.618. The van der Waals surface area contributed by atoms with Crippen LogP contribution in [-0.2, 0) is 4.79 Å². The number of amides is 1. The maximum atomic E-state index is 10.7. The zero-order valence-electron chi connectivity index (χ0n) is 6.40. The van der Waals surface area contributed by atoms with Crippen molar-refractivity contribution in [1.29, 1.82) is 0 Å².